The van der Waals surface area contributed by atoms with E-state index in [1.165, 1.54) is 0 Å². The fraction of sp³-hybridized carbons (Fsp3) is 0.125. The van der Waals surface area contributed by atoms with Crippen molar-refractivity contribution in [3.63, 3.8) is 0 Å². The van der Waals surface area contributed by atoms with Crippen LogP contribution in [0.1, 0.15) is 10.5 Å². The molecule has 4 nitrogen and oxygen atoms in total. The number of hydrogen-bond donors (Lipinski definition) is 0. The van der Waals surface area contributed by atoms with Gasteiger partial charge in [0.25, 0.3) is 0 Å². The van der Waals surface area contributed by atoms with Gasteiger partial charge in [-0.05, 0) is 24.3 Å². The summed E-state index contributed by atoms with van der Waals surface area (Å²) in [6, 6.07) is 11.8. The zero-order valence-electron chi connectivity index (χ0n) is 11.7. The molecule has 0 amide bonds. The number of halogens is 1. The average Bonchev–Trinajstić information content (AvgIpc) is 2.86. The van der Waals surface area contributed by atoms with Crippen LogP contribution in [0.3, 0.4) is 0 Å². The fourth-order valence-electron chi connectivity index (χ4n) is 2.39. The second-order valence-electron chi connectivity index (χ2n) is 4.95. The molecule has 0 aliphatic rings. The van der Waals surface area contributed by atoms with Crippen LogP contribution in [0.5, 0.6) is 0 Å². The van der Waals surface area contributed by atoms with E-state index >= 15 is 0 Å². The van der Waals surface area contributed by atoms with E-state index in [2.05, 4.69) is 20.9 Å². The lowest BCUT2D eigenvalue weighted by atomic mass is 10.2. The minimum absolute atomic E-state index is 0.456. The van der Waals surface area contributed by atoms with E-state index in [1.807, 2.05) is 66.0 Å². The van der Waals surface area contributed by atoms with Crippen LogP contribution in [0.15, 0.2) is 47.1 Å². The van der Waals surface area contributed by atoms with Crippen molar-refractivity contribution in [1.82, 2.24) is 9.38 Å². The van der Waals surface area contributed by atoms with Crippen LogP contribution in [0.2, 0.25) is 0 Å². The third-order valence-electron chi connectivity index (χ3n) is 3.37. The minimum atomic E-state index is 0.456. The predicted molar refractivity (Wildman–Crippen MR) is 88.0 cm³/mol. The summed E-state index contributed by atoms with van der Waals surface area (Å²) < 4.78 is 2.97. The molecule has 1 aromatic carbocycles. The van der Waals surface area contributed by atoms with E-state index in [4.69, 9.17) is 0 Å². The summed E-state index contributed by atoms with van der Waals surface area (Å²) in [5.74, 6) is 0.767. The molecule has 0 aliphatic carbocycles. The summed E-state index contributed by atoms with van der Waals surface area (Å²) >= 11 is 3.43. The molecule has 0 radical (unpaired) electrons. The first-order valence-electron chi connectivity index (χ1n) is 6.51. The van der Waals surface area contributed by atoms with E-state index in [0.29, 0.717) is 5.69 Å². The van der Waals surface area contributed by atoms with Crippen molar-refractivity contribution in [2.45, 2.75) is 0 Å². The number of imidazole rings is 1. The molecule has 0 atom stereocenters. The minimum Gasteiger partial charge on any atom is -0.376 e. The van der Waals surface area contributed by atoms with E-state index in [9.17, 15) is 4.79 Å². The molecule has 0 unspecified atom stereocenters. The van der Waals surface area contributed by atoms with E-state index in [1.54, 1.807) is 0 Å². The second kappa shape index (κ2) is 5.33. The van der Waals surface area contributed by atoms with Crippen molar-refractivity contribution in [2.75, 3.05) is 19.0 Å². The van der Waals surface area contributed by atoms with Crippen LogP contribution >= 0.6 is 15.9 Å². The number of benzene rings is 1. The van der Waals surface area contributed by atoms with Crippen LogP contribution in [0.4, 0.5) is 5.69 Å². The second-order valence-corrected chi connectivity index (χ2v) is 5.87. The molecule has 0 N–H and O–H groups in total. The molecule has 106 valence electrons. The zero-order valence-corrected chi connectivity index (χ0v) is 13.3. The maximum Gasteiger partial charge on any atom is 0.170 e. The third-order valence-corrected chi connectivity index (χ3v) is 3.89. The van der Waals surface area contributed by atoms with Crippen LogP contribution in [-0.2, 0) is 0 Å². The van der Waals surface area contributed by atoms with Crippen molar-refractivity contribution >= 4 is 33.4 Å². The zero-order chi connectivity index (χ0) is 15.0. The lowest BCUT2D eigenvalue weighted by molar-refractivity contribution is 0.112. The van der Waals surface area contributed by atoms with Gasteiger partial charge in [-0.25, -0.2) is 4.98 Å². The van der Waals surface area contributed by atoms with Gasteiger partial charge in [-0.2, -0.15) is 0 Å². The van der Waals surface area contributed by atoms with Gasteiger partial charge in [-0.15, -0.1) is 0 Å². The molecule has 0 fully saturated rings. The quantitative estimate of drug-likeness (QED) is 0.681. The molecule has 21 heavy (non-hydrogen) atoms. The Morgan fingerprint density at radius 2 is 1.90 bits per heavy atom. The number of aromatic nitrogens is 2. The van der Waals surface area contributed by atoms with Gasteiger partial charge in [0.15, 0.2) is 6.29 Å². The number of fused-ring (bicyclic) bond motifs is 1. The highest BCUT2D eigenvalue weighted by Gasteiger charge is 2.16. The van der Waals surface area contributed by atoms with Gasteiger partial charge in [-0.3, -0.25) is 9.20 Å². The predicted octanol–water partition coefficient (Wildman–Crippen LogP) is 3.64. The first kappa shape index (κ1) is 13.8. The molecule has 3 aromatic rings. The normalized spacial score (nSPS) is 10.8. The highest BCUT2D eigenvalue weighted by molar-refractivity contribution is 9.10. The van der Waals surface area contributed by atoms with Gasteiger partial charge in [-0.1, -0.05) is 28.1 Å². The van der Waals surface area contributed by atoms with Gasteiger partial charge in [0.05, 0.1) is 11.2 Å². The number of nitrogens with zero attached hydrogens (tertiary/aromatic N) is 3. The van der Waals surface area contributed by atoms with Crippen molar-refractivity contribution < 1.29 is 4.79 Å². The lowest BCUT2D eigenvalue weighted by Crippen LogP contribution is -2.10. The number of aldehydes is 1. The molecular formula is C16H14BrN3O. The number of carbonyl (C=O) groups excluding carboxylic acids is 1. The molecule has 2 heterocycles. The third kappa shape index (κ3) is 2.34. The van der Waals surface area contributed by atoms with Gasteiger partial charge in [0.2, 0.25) is 0 Å². The maximum absolute atomic E-state index is 11.4. The van der Waals surface area contributed by atoms with Gasteiger partial charge in [0, 0.05) is 30.3 Å². The average molecular weight is 344 g/mol. The Kier molecular flexibility index (Phi) is 3.51. The SMILES string of the molecule is CN(C)c1cccn2c(-c3ccc(Br)cc3)nc(C=O)c12. The van der Waals surface area contributed by atoms with E-state index in [0.717, 1.165) is 33.4 Å². The molecule has 0 bridgehead atoms. The Morgan fingerprint density at radius 1 is 1.19 bits per heavy atom. The first-order valence-corrected chi connectivity index (χ1v) is 7.30. The monoisotopic (exact) mass is 343 g/mol. The van der Waals surface area contributed by atoms with Crippen molar-refractivity contribution in [2.24, 2.45) is 0 Å². The van der Waals surface area contributed by atoms with Gasteiger partial charge in [0.1, 0.15) is 11.5 Å². The number of pyridine rings is 1. The summed E-state index contributed by atoms with van der Waals surface area (Å²) in [7, 11) is 3.91. The highest BCUT2D eigenvalue weighted by Crippen LogP contribution is 2.29. The summed E-state index contributed by atoms with van der Waals surface area (Å²) in [6.07, 6.45) is 2.74. The topological polar surface area (TPSA) is 37.6 Å². The van der Waals surface area contributed by atoms with Crippen molar-refractivity contribution in [3.05, 3.63) is 52.8 Å². The molecule has 0 saturated carbocycles. The number of rotatable bonds is 3. The maximum atomic E-state index is 11.4. The van der Waals surface area contributed by atoms with Gasteiger partial charge >= 0.3 is 0 Å². The Bertz CT molecular complexity index is 806. The Morgan fingerprint density at radius 3 is 2.52 bits per heavy atom. The first-order chi connectivity index (χ1) is 10.1. The summed E-state index contributed by atoms with van der Waals surface area (Å²) in [5, 5.41) is 0. The van der Waals surface area contributed by atoms with Crippen LogP contribution in [-0.4, -0.2) is 29.8 Å². The Labute approximate surface area is 131 Å². The van der Waals surface area contributed by atoms with Crippen LogP contribution in [0, 0.1) is 0 Å². The van der Waals surface area contributed by atoms with E-state index < -0.39 is 0 Å². The van der Waals surface area contributed by atoms with Crippen molar-refractivity contribution in [1.29, 1.82) is 0 Å². The fourth-order valence-corrected chi connectivity index (χ4v) is 2.66. The van der Waals surface area contributed by atoms with Crippen LogP contribution in [0.25, 0.3) is 16.9 Å². The van der Waals surface area contributed by atoms with Crippen molar-refractivity contribution in [3.8, 4) is 11.4 Å². The molecule has 3 rings (SSSR count). The molecular weight excluding hydrogens is 330 g/mol. The number of hydrogen-bond acceptors (Lipinski definition) is 3. The Hall–Kier alpha value is -2.14. The molecule has 0 saturated heterocycles. The summed E-state index contributed by atoms with van der Waals surface area (Å²) in [6.45, 7) is 0. The number of anilines is 1. The van der Waals surface area contributed by atoms with Crippen LogP contribution < -0.4 is 4.90 Å². The summed E-state index contributed by atoms with van der Waals surface area (Å²) in [4.78, 5) is 17.9. The number of carbonyl (C=O) groups is 1. The largest absolute Gasteiger partial charge is 0.376 e. The van der Waals surface area contributed by atoms with E-state index in [-0.39, 0.29) is 0 Å². The lowest BCUT2D eigenvalue weighted by Gasteiger charge is -2.14. The standard InChI is InChI=1S/C16H14BrN3O/c1-19(2)14-4-3-9-20-15(14)13(10-21)18-16(20)11-5-7-12(17)8-6-11/h3-10H,1-2H3. The van der Waals surface area contributed by atoms with Gasteiger partial charge < -0.3 is 4.90 Å². The highest BCUT2D eigenvalue weighted by atomic mass is 79.9. The smallest absolute Gasteiger partial charge is 0.170 e. The molecule has 0 spiro atoms. The molecule has 0 aliphatic heterocycles. The summed E-state index contributed by atoms with van der Waals surface area (Å²) in [5.41, 5.74) is 3.22. The molecule has 5 heteroatoms. The Balaban J connectivity index is 2.32. The molecule has 2 aromatic heterocycles.